The van der Waals surface area contributed by atoms with Gasteiger partial charge in [-0.05, 0) is 52.4 Å². The van der Waals surface area contributed by atoms with Gasteiger partial charge in [0, 0.05) is 25.2 Å². The zero-order valence-electron chi connectivity index (χ0n) is 13.6. The van der Waals surface area contributed by atoms with Crippen molar-refractivity contribution in [3.05, 3.63) is 0 Å². The molecule has 0 bridgehead atoms. The van der Waals surface area contributed by atoms with Crippen LogP contribution in [0.4, 0.5) is 4.79 Å². The van der Waals surface area contributed by atoms with Crippen LogP contribution in [0.2, 0.25) is 0 Å². The monoisotopic (exact) mass is 298 g/mol. The van der Waals surface area contributed by atoms with Gasteiger partial charge in [0.05, 0.1) is 6.61 Å². The fourth-order valence-corrected chi connectivity index (χ4v) is 3.20. The third-order valence-corrected chi connectivity index (χ3v) is 4.18. The maximum absolute atomic E-state index is 11.7. The van der Waals surface area contributed by atoms with E-state index in [9.17, 15) is 4.79 Å². The highest BCUT2D eigenvalue weighted by Crippen LogP contribution is 2.26. The van der Waals surface area contributed by atoms with Crippen molar-refractivity contribution < 1.29 is 14.3 Å². The molecule has 3 atom stereocenters. The van der Waals surface area contributed by atoms with E-state index in [1.807, 2.05) is 20.8 Å². The third kappa shape index (κ3) is 5.83. The van der Waals surface area contributed by atoms with Crippen molar-refractivity contribution in [3.63, 3.8) is 0 Å². The molecule has 2 fully saturated rings. The molecule has 0 radical (unpaired) electrons. The summed E-state index contributed by atoms with van der Waals surface area (Å²) in [4.78, 5) is 11.7. The summed E-state index contributed by atoms with van der Waals surface area (Å²) in [5.41, 5.74) is -0.434. The van der Waals surface area contributed by atoms with Gasteiger partial charge in [0.1, 0.15) is 5.60 Å². The number of hydrogen-bond donors (Lipinski definition) is 2. The van der Waals surface area contributed by atoms with E-state index in [2.05, 4.69) is 10.6 Å². The Morgan fingerprint density at radius 1 is 1.24 bits per heavy atom. The predicted octanol–water partition coefficient (Wildman–Crippen LogP) is 2.45. The van der Waals surface area contributed by atoms with Gasteiger partial charge in [0.25, 0.3) is 0 Å². The molecule has 3 unspecified atom stereocenters. The van der Waals surface area contributed by atoms with Crippen LogP contribution in [0.1, 0.15) is 52.9 Å². The smallest absolute Gasteiger partial charge is 0.407 e. The van der Waals surface area contributed by atoms with Gasteiger partial charge in [-0.3, -0.25) is 0 Å². The Bertz CT molecular complexity index is 335. The number of ether oxygens (including phenoxy) is 2. The summed E-state index contributed by atoms with van der Waals surface area (Å²) in [6, 6.07) is 0.970. The Balaban J connectivity index is 1.72. The molecule has 0 aromatic carbocycles. The fraction of sp³-hybridized carbons (Fsp3) is 0.938. The third-order valence-electron chi connectivity index (χ3n) is 4.18. The van der Waals surface area contributed by atoms with E-state index in [0.29, 0.717) is 24.5 Å². The van der Waals surface area contributed by atoms with Gasteiger partial charge < -0.3 is 20.1 Å². The zero-order valence-corrected chi connectivity index (χ0v) is 13.6. The topological polar surface area (TPSA) is 59.6 Å². The predicted molar refractivity (Wildman–Crippen MR) is 82.3 cm³/mol. The highest BCUT2D eigenvalue weighted by atomic mass is 16.6. The number of carbonyl (C=O) groups excluding carboxylic acids is 1. The van der Waals surface area contributed by atoms with Crippen molar-refractivity contribution in [2.75, 3.05) is 19.8 Å². The van der Waals surface area contributed by atoms with Gasteiger partial charge in [0.15, 0.2) is 0 Å². The molecule has 1 saturated carbocycles. The Labute approximate surface area is 128 Å². The molecule has 5 nitrogen and oxygen atoms in total. The minimum Gasteiger partial charge on any atom is -0.444 e. The molecule has 122 valence electrons. The maximum Gasteiger partial charge on any atom is 0.407 e. The van der Waals surface area contributed by atoms with Crippen molar-refractivity contribution in [2.24, 2.45) is 5.92 Å². The lowest BCUT2D eigenvalue weighted by Gasteiger charge is -2.30. The number of rotatable bonds is 4. The van der Waals surface area contributed by atoms with Gasteiger partial charge in [-0.1, -0.05) is 6.42 Å². The summed E-state index contributed by atoms with van der Waals surface area (Å²) in [7, 11) is 0. The lowest BCUT2D eigenvalue weighted by molar-refractivity contribution is 0.0507. The molecule has 1 aliphatic carbocycles. The maximum atomic E-state index is 11.7. The summed E-state index contributed by atoms with van der Waals surface area (Å²) in [5, 5.41) is 6.64. The van der Waals surface area contributed by atoms with Crippen LogP contribution in [0.15, 0.2) is 0 Å². The van der Waals surface area contributed by atoms with Crippen molar-refractivity contribution >= 4 is 6.09 Å². The molecule has 5 heteroatoms. The second-order valence-electron chi connectivity index (χ2n) is 7.26. The molecule has 2 aliphatic rings. The van der Waals surface area contributed by atoms with Gasteiger partial charge >= 0.3 is 6.09 Å². The van der Waals surface area contributed by atoms with Gasteiger partial charge in [-0.25, -0.2) is 4.79 Å². The molecule has 21 heavy (non-hydrogen) atoms. The van der Waals surface area contributed by atoms with E-state index >= 15 is 0 Å². The van der Waals surface area contributed by atoms with Crippen LogP contribution >= 0.6 is 0 Å². The summed E-state index contributed by atoms with van der Waals surface area (Å²) >= 11 is 0. The van der Waals surface area contributed by atoms with Crippen LogP contribution in [0.5, 0.6) is 0 Å². The first-order chi connectivity index (χ1) is 9.94. The molecule has 0 aromatic heterocycles. The molecule has 2 rings (SSSR count). The molecule has 1 heterocycles. The van der Waals surface area contributed by atoms with Crippen molar-refractivity contribution in [3.8, 4) is 0 Å². The summed E-state index contributed by atoms with van der Waals surface area (Å²) in [5.74, 6) is 0.499. The average molecular weight is 298 g/mol. The SMILES string of the molecule is CC(C)(C)OC(=O)NCC1CCCC1NC1CCCOC1. The van der Waals surface area contributed by atoms with Crippen molar-refractivity contribution in [1.29, 1.82) is 0 Å². The largest absolute Gasteiger partial charge is 0.444 e. The van der Waals surface area contributed by atoms with Crippen LogP contribution in [0.3, 0.4) is 0 Å². The molecule has 2 N–H and O–H groups in total. The van der Waals surface area contributed by atoms with Gasteiger partial charge in [0.2, 0.25) is 0 Å². The highest BCUT2D eigenvalue weighted by molar-refractivity contribution is 5.67. The van der Waals surface area contributed by atoms with Gasteiger partial charge in [-0.2, -0.15) is 0 Å². The van der Waals surface area contributed by atoms with Crippen LogP contribution in [-0.2, 0) is 9.47 Å². The summed E-state index contributed by atoms with van der Waals surface area (Å²) < 4.78 is 10.8. The molecule has 0 spiro atoms. The standard InChI is InChI=1S/C16H30N2O3/c1-16(2,3)21-15(19)17-10-12-6-4-8-14(12)18-13-7-5-9-20-11-13/h12-14,18H,4-11H2,1-3H3,(H,17,19). The van der Waals surface area contributed by atoms with E-state index in [0.717, 1.165) is 19.6 Å². The first-order valence-electron chi connectivity index (χ1n) is 8.25. The number of amides is 1. The van der Waals surface area contributed by atoms with Crippen LogP contribution in [0, 0.1) is 5.92 Å². The lowest BCUT2D eigenvalue weighted by atomic mass is 10.0. The number of nitrogens with one attached hydrogen (secondary N) is 2. The number of carbonyl (C=O) groups is 1. The van der Waals surface area contributed by atoms with Crippen LogP contribution < -0.4 is 10.6 Å². The number of hydrogen-bond acceptors (Lipinski definition) is 4. The molecular weight excluding hydrogens is 268 g/mol. The molecule has 1 aliphatic heterocycles. The first kappa shape index (κ1) is 16.6. The highest BCUT2D eigenvalue weighted by Gasteiger charge is 2.30. The van der Waals surface area contributed by atoms with E-state index in [-0.39, 0.29) is 6.09 Å². The summed E-state index contributed by atoms with van der Waals surface area (Å²) in [6.07, 6.45) is 5.62. The van der Waals surface area contributed by atoms with E-state index in [1.54, 1.807) is 0 Å². The molecular formula is C16H30N2O3. The van der Waals surface area contributed by atoms with E-state index in [4.69, 9.17) is 9.47 Å². The van der Waals surface area contributed by atoms with E-state index < -0.39 is 5.60 Å². The Morgan fingerprint density at radius 3 is 2.71 bits per heavy atom. The first-order valence-corrected chi connectivity index (χ1v) is 8.25. The van der Waals surface area contributed by atoms with Crippen LogP contribution in [-0.4, -0.2) is 43.5 Å². The van der Waals surface area contributed by atoms with Crippen LogP contribution in [0.25, 0.3) is 0 Å². The van der Waals surface area contributed by atoms with Crippen molar-refractivity contribution in [1.82, 2.24) is 10.6 Å². The summed E-state index contributed by atoms with van der Waals surface area (Å²) in [6.45, 7) is 8.07. The normalized spacial score (nSPS) is 30.1. The Kier molecular flexibility index (Phi) is 5.88. The minimum atomic E-state index is -0.434. The second-order valence-corrected chi connectivity index (χ2v) is 7.26. The zero-order chi connectivity index (χ0) is 15.3. The minimum absolute atomic E-state index is 0.311. The van der Waals surface area contributed by atoms with E-state index in [1.165, 1.54) is 25.7 Å². The Morgan fingerprint density at radius 2 is 2.05 bits per heavy atom. The van der Waals surface area contributed by atoms with Gasteiger partial charge in [-0.15, -0.1) is 0 Å². The molecule has 1 saturated heterocycles. The molecule has 1 amide bonds. The van der Waals surface area contributed by atoms with Crippen molar-refractivity contribution in [2.45, 2.75) is 70.6 Å². The average Bonchev–Trinajstić information content (AvgIpc) is 2.83. The molecule has 0 aromatic rings. The lowest BCUT2D eigenvalue weighted by Crippen LogP contribution is -2.47. The second kappa shape index (κ2) is 7.45. The Hall–Kier alpha value is -0.810. The number of alkyl carbamates (subject to hydrolysis) is 1. The fourth-order valence-electron chi connectivity index (χ4n) is 3.20. The quantitative estimate of drug-likeness (QED) is 0.837.